The van der Waals surface area contributed by atoms with Crippen molar-refractivity contribution in [2.75, 3.05) is 10.2 Å². The molecule has 0 amide bonds. The summed E-state index contributed by atoms with van der Waals surface area (Å²) in [6, 6.07) is 7.56. The minimum absolute atomic E-state index is 0.611. The molecule has 0 saturated carbocycles. The highest BCUT2D eigenvalue weighted by Crippen LogP contribution is 2.24. The van der Waals surface area contributed by atoms with Crippen LogP contribution in [0.3, 0.4) is 0 Å². The zero-order valence-electron chi connectivity index (χ0n) is 9.56. The van der Waals surface area contributed by atoms with Gasteiger partial charge in [-0.3, -0.25) is 0 Å². The van der Waals surface area contributed by atoms with E-state index in [4.69, 9.17) is 9.84 Å². The smallest absolute Gasteiger partial charge is 0.344 e. The molecule has 0 spiro atoms. The summed E-state index contributed by atoms with van der Waals surface area (Å²) in [6.07, 6.45) is 0.353. The van der Waals surface area contributed by atoms with E-state index >= 15 is 0 Å². The molecule has 1 aromatic carbocycles. The van der Waals surface area contributed by atoms with Crippen LogP contribution in [0.5, 0.6) is 5.75 Å². The van der Waals surface area contributed by atoms with Crippen LogP contribution in [0.1, 0.15) is 13.3 Å². The van der Waals surface area contributed by atoms with Crippen LogP contribution in [0.15, 0.2) is 29.2 Å². The van der Waals surface area contributed by atoms with E-state index in [1.54, 1.807) is 17.8 Å². The Morgan fingerprint density at radius 1 is 1.59 bits per heavy atom. The zero-order valence-corrected chi connectivity index (χ0v) is 12.5. The first-order chi connectivity index (χ1) is 8.13. The molecule has 1 aromatic rings. The Morgan fingerprint density at radius 3 is 3.00 bits per heavy atom. The number of thioether (sulfide) groups is 1. The lowest BCUT2D eigenvalue weighted by Crippen LogP contribution is -2.22. The van der Waals surface area contributed by atoms with Crippen molar-refractivity contribution in [3.05, 3.63) is 24.3 Å². The molecule has 0 heterocycles. The van der Waals surface area contributed by atoms with E-state index in [1.807, 2.05) is 18.2 Å². The van der Waals surface area contributed by atoms with Crippen LogP contribution in [-0.2, 0) is 4.79 Å². The molecular formula is C12H15IO3S. The predicted octanol–water partition coefficient (Wildman–Crippen LogP) is 3.46. The minimum Gasteiger partial charge on any atom is -0.479 e. The van der Waals surface area contributed by atoms with Gasteiger partial charge >= 0.3 is 5.97 Å². The second-order valence-corrected chi connectivity index (χ2v) is 5.71. The lowest BCUT2D eigenvalue weighted by atomic mass is 10.3. The van der Waals surface area contributed by atoms with Gasteiger partial charge in [0, 0.05) is 9.32 Å². The highest BCUT2D eigenvalue weighted by Gasteiger charge is 2.12. The summed E-state index contributed by atoms with van der Waals surface area (Å²) in [5.41, 5.74) is 0. The molecule has 0 aliphatic carbocycles. The highest BCUT2D eigenvalue weighted by molar-refractivity contribution is 14.1. The molecule has 94 valence electrons. The summed E-state index contributed by atoms with van der Waals surface area (Å²) >= 11 is 4.12. The quantitative estimate of drug-likeness (QED) is 0.348. The Kier molecular flexibility index (Phi) is 6.72. The number of ether oxygens (including phenoxy) is 1. The van der Waals surface area contributed by atoms with E-state index in [0.29, 0.717) is 5.75 Å². The number of halogens is 1. The third kappa shape index (κ3) is 5.63. The van der Waals surface area contributed by atoms with Gasteiger partial charge in [-0.15, -0.1) is 11.8 Å². The van der Waals surface area contributed by atoms with Crippen molar-refractivity contribution >= 4 is 40.3 Å². The van der Waals surface area contributed by atoms with Gasteiger partial charge in [-0.05, 0) is 37.3 Å². The molecular weight excluding hydrogens is 351 g/mol. The maximum Gasteiger partial charge on any atom is 0.344 e. The molecule has 0 aliphatic heterocycles. The lowest BCUT2D eigenvalue weighted by molar-refractivity contribution is -0.144. The van der Waals surface area contributed by atoms with Crippen molar-refractivity contribution in [3.63, 3.8) is 0 Å². The highest BCUT2D eigenvalue weighted by atomic mass is 127. The fourth-order valence-electron chi connectivity index (χ4n) is 1.14. The number of hydrogen-bond acceptors (Lipinski definition) is 3. The molecule has 0 aliphatic rings. The van der Waals surface area contributed by atoms with E-state index < -0.39 is 12.1 Å². The van der Waals surface area contributed by atoms with E-state index in [1.165, 1.54) is 13.3 Å². The van der Waals surface area contributed by atoms with Crippen molar-refractivity contribution < 1.29 is 14.6 Å². The Morgan fingerprint density at radius 2 is 2.35 bits per heavy atom. The molecule has 0 unspecified atom stereocenters. The van der Waals surface area contributed by atoms with Crippen LogP contribution < -0.4 is 4.74 Å². The standard InChI is InChI=1S/C12H15IO3S/c1-9(12(14)15)16-10-4-2-5-11(8-10)17-7-3-6-13/h2,4-5,8-9H,3,6-7H2,1H3,(H,14,15)/t9-/m0/s1. The van der Waals surface area contributed by atoms with E-state index in [2.05, 4.69) is 22.6 Å². The molecule has 0 saturated heterocycles. The SMILES string of the molecule is C[C@H](Oc1cccc(SCCCI)c1)C(=O)O. The molecule has 1 rings (SSSR count). The largest absolute Gasteiger partial charge is 0.479 e. The molecule has 17 heavy (non-hydrogen) atoms. The van der Waals surface area contributed by atoms with Crippen LogP contribution in [0, 0.1) is 0 Å². The molecule has 0 fully saturated rings. The predicted molar refractivity (Wildman–Crippen MR) is 78.4 cm³/mol. The zero-order chi connectivity index (χ0) is 12.7. The van der Waals surface area contributed by atoms with Gasteiger partial charge < -0.3 is 9.84 Å². The first kappa shape index (κ1) is 14.6. The first-order valence-corrected chi connectivity index (χ1v) is 7.83. The van der Waals surface area contributed by atoms with Crippen molar-refractivity contribution in [1.82, 2.24) is 0 Å². The Bertz CT molecular complexity index is 371. The van der Waals surface area contributed by atoms with Gasteiger partial charge in [0.15, 0.2) is 6.10 Å². The van der Waals surface area contributed by atoms with Gasteiger partial charge in [0.1, 0.15) is 5.75 Å². The van der Waals surface area contributed by atoms with Crippen LogP contribution in [0.25, 0.3) is 0 Å². The van der Waals surface area contributed by atoms with Crippen molar-refractivity contribution in [2.45, 2.75) is 24.3 Å². The normalized spacial score (nSPS) is 12.1. The minimum atomic E-state index is -0.951. The number of rotatable bonds is 7. The summed E-state index contributed by atoms with van der Waals surface area (Å²) in [5, 5.41) is 8.75. The lowest BCUT2D eigenvalue weighted by Gasteiger charge is -2.11. The summed E-state index contributed by atoms with van der Waals surface area (Å²) in [5.74, 6) is 0.730. The third-order valence-corrected chi connectivity index (χ3v) is 3.86. The number of carboxylic acids is 1. The van der Waals surface area contributed by atoms with Crippen molar-refractivity contribution in [3.8, 4) is 5.75 Å². The van der Waals surface area contributed by atoms with E-state index in [9.17, 15) is 4.79 Å². The summed E-state index contributed by atoms with van der Waals surface area (Å²) < 4.78 is 6.46. The maximum atomic E-state index is 10.7. The Labute approximate surface area is 119 Å². The third-order valence-electron chi connectivity index (χ3n) is 2.01. The molecule has 5 heteroatoms. The van der Waals surface area contributed by atoms with Crippen LogP contribution in [0.2, 0.25) is 0 Å². The van der Waals surface area contributed by atoms with Crippen LogP contribution in [0.4, 0.5) is 0 Å². The molecule has 1 N–H and O–H groups in total. The Balaban J connectivity index is 2.56. The van der Waals surface area contributed by atoms with Crippen molar-refractivity contribution in [1.29, 1.82) is 0 Å². The molecule has 3 nitrogen and oxygen atoms in total. The Hall–Kier alpha value is -0.430. The fourth-order valence-corrected chi connectivity index (χ4v) is 2.93. The van der Waals surface area contributed by atoms with Gasteiger partial charge in [0.05, 0.1) is 0 Å². The number of aliphatic carboxylic acids is 1. The second-order valence-electron chi connectivity index (χ2n) is 3.46. The summed E-state index contributed by atoms with van der Waals surface area (Å²) in [7, 11) is 0. The monoisotopic (exact) mass is 366 g/mol. The average molecular weight is 366 g/mol. The van der Waals surface area contributed by atoms with Gasteiger partial charge in [0.2, 0.25) is 0 Å². The fraction of sp³-hybridized carbons (Fsp3) is 0.417. The van der Waals surface area contributed by atoms with Gasteiger partial charge in [-0.2, -0.15) is 0 Å². The number of carboxylic acid groups (broad SMARTS) is 1. The van der Waals surface area contributed by atoms with Gasteiger partial charge in [-0.1, -0.05) is 28.7 Å². The summed E-state index contributed by atoms with van der Waals surface area (Å²) in [4.78, 5) is 11.8. The van der Waals surface area contributed by atoms with Gasteiger partial charge in [-0.25, -0.2) is 4.79 Å². The van der Waals surface area contributed by atoms with E-state index in [0.717, 1.165) is 15.1 Å². The topological polar surface area (TPSA) is 46.5 Å². The van der Waals surface area contributed by atoms with Crippen LogP contribution in [-0.4, -0.2) is 27.4 Å². The molecule has 0 bridgehead atoms. The molecule has 0 radical (unpaired) electrons. The summed E-state index contributed by atoms with van der Waals surface area (Å²) in [6.45, 7) is 1.53. The van der Waals surface area contributed by atoms with Crippen molar-refractivity contribution in [2.24, 2.45) is 0 Å². The van der Waals surface area contributed by atoms with Gasteiger partial charge in [0.25, 0.3) is 0 Å². The molecule has 0 aromatic heterocycles. The number of hydrogen-bond donors (Lipinski definition) is 1. The first-order valence-electron chi connectivity index (χ1n) is 5.32. The number of alkyl halides is 1. The maximum absolute atomic E-state index is 10.7. The van der Waals surface area contributed by atoms with E-state index in [-0.39, 0.29) is 0 Å². The molecule has 1 atom stereocenters. The van der Waals surface area contributed by atoms with Crippen LogP contribution >= 0.6 is 34.4 Å². The second kappa shape index (κ2) is 7.81. The number of carbonyl (C=O) groups is 1. The number of benzene rings is 1. The average Bonchev–Trinajstić information content (AvgIpc) is 2.30.